The first kappa shape index (κ1) is 15.4. The Morgan fingerprint density at radius 1 is 1.31 bits per heavy atom. The highest BCUT2D eigenvalue weighted by molar-refractivity contribution is 7.53. The Morgan fingerprint density at radius 3 is 2.38 bits per heavy atom. The normalized spacial score (nSPS) is 15.6. The van der Waals surface area contributed by atoms with E-state index in [1.165, 1.54) is 13.2 Å². The van der Waals surface area contributed by atoms with Crippen LogP contribution >= 0.6 is 7.60 Å². The molecule has 0 aliphatic carbocycles. The maximum Gasteiger partial charge on any atom is 0.330 e. The molecule has 0 aromatic heterocycles. The van der Waals surface area contributed by atoms with Crippen molar-refractivity contribution in [1.82, 2.24) is 0 Å². The van der Waals surface area contributed by atoms with Crippen LogP contribution < -0.4 is 0 Å². The third kappa shape index (κ3) is 6.05. The smallest absolute Gasteiger partial charge is 0.330 e. The van der Waals surface area contributed by atoms with Crippen molar-refractivity contribution in [3.8, 4) is 0 Å². The fraction of sp³-hybridized carbons (Fsp3) is 0.700. The van der Waals surface area contributed by atoms with Gasteiger partial charge < -0.3 is 13.8 Å². The van der Waals surface area contributed by atoms with Crippen LogP contribution in [0.5, 0.6) is 0 Å². The lowest BCUT2D eigenvalue weighted by Gasteiger charge is -2.15. The molecule has 5 nitrogen and oxygen atoms in total. The van der Waals surface area contributed by atoms with Gasteiger partial charge in [0.25, 0.3) is 0 Å². The maximum atomic E-state index is 11.9. The lowest BCUT2D eigenvalue weighted by atomic mass is 10.3. The molecule has 0 saturated heterocycles. The average molecular weight is 250 g/mol. The number of esters is 1. The number of rotatable bonds is 7. The minimum absolute atomic E-state index is 0.0974. The Kier molecular flexibility index (Phi) is 7.30. The molecule has 1 atom stereocenters. The summed E-state index contributed by atoms with van der Waals surface area (Å²) in [5.74, 6) is -0.455. The van der Waals surface area contributed by atoms with E-state index < -0.39 is 13.6 Å². The van der Waals surface area contributed by atoms with Crippen LogP contribution in [-0.2, 0) is 23.1 Å². The van der Waals surface area contributed by atoms with Gasteiger partial charge in [-0.05, 0) is 19.4 Å². The van der Waals surface area contributed by atoms with Crippen molar-refractivity contribution in [2.45, 2.75) is 20.8 Å². The number of hydrogen-bond donors (Lipinski definition) is 0. The molecular weight excluding hydrogens is 231 g/mol. The van der Waals surface area contributed by atoms with Gasteiger partial charge in [0, 0.05) is 12.2 Å². The molecule has 0 heterocycles. The zero-order chi connectivity index (χ0) is 12.6. The maximum absolute atomic E-state index is 11.9. The van der Waals surface area contributed by atoms with Gasteiger partial charge >= 0.3 is 13.6 Å². The predicted molar refractivity (Wildman–Crippen MR) is 61.5 cm³/mol. The summed E-state index contributed by atoms with van der Waals surface area (Å²) in [5.41, 5.74) is 0.639. The van der Waals surface area contributed by atoms with Gasteiger partial charge in [-0.3, -0.25) is 4.57 Å². The van der Waals surface area contributed by atoms with Crippen molar-refractivity contribution in [3.63, 3.8) is 0 Å². The van der Waals surface area contributed by atoms with Gasteiger partial charge in [-0.15, -0.1) is 0 Å². The van der Waals surface area contributed by atoms with Crippen LogP contribution in [0.2, 0.25) is 0 Å². The first-order valence-corrected chi connectivity index (χ1v) is 6.83. The molecule has 0 amide bonds. The number of ether oxygens (including phenoxy) is 1. The molecule has 94 valence electrons. The molecule has 0 rings (SSSR count). The van der Waals surface area contributed by atoms with Gasteiger partial charge in [0.15, 0.2) is 0 Å². The highest BCUT2D eigenvalue weighted by Gasteiger charge is 2.20. The van der Waals surface area contributed by atoms with E-state index in [1.807, 2.05) is 0 Å². The second kappa shape index (κ2) is 7.60. The number of carbonyl (C=O) groups is 1. The molecule has 0 saturated carbocycles. The van der Waals surface area contributed by atoms with Crippen LogP contribution in [0.3, 0.4) is 0 Å². The standard InChI is InChI=1S/C10H19O5P/c1-5-14-16(12,6-2)15-8-9(3)7-10(11)13-4/h7H,5-6,8H2,1-4H3. The van der Waals surface area contributed by atoms with Crippen molar-refractivity contribution in [1.29, 1.82) is 0 Å². The van der Waals surface area contributed by atoms with E-state index in [4.69, 9.17) is 9.05 Å². The summed E-state index contributed by atoms with van der Waals surface area (Å²) >= 11 is 0. The lowest BCUT2D eigenvalue weighted by Crippen LogP contribution is -2.03. The largest absolute Gasteiger partial charge is 0.466 e. The summed E-state index contributed by atoms with van der Waals surface area (Å²) in [7, 11) is -1.70. The van der Waals surface area contributed by atoms with Gasteiger partial charge in [-0.1, -0.05) is 6.92 Å². The lowest BCUT2D eigenvalue weighted by molar-refractivity contribution is -0.134. The minimum atomic E-state index is -3.00. The second-order valence-electron chi connectivity index (χ2n) is 3.13. The van der Waals surface area contributed by atoms with E-state index >= 15 is 0 Å². The number of methoxy groups -OCH3 is 1. The van der Waals surface area contributed by atoms with Crippen LogP contribution in [0.4, 0.5) is 0 Å². The molecule has 0 fully saturated rings. The van der Waals surface area contributed by atoms with Crippen molar-refractivity contribution >= 4 is 13.6 Å². The minimum Gasteiger partial charge on any atom is -0.466 e. The Labute approximate surface area is 96.3 Å². The molecule has 16 heavy (non-hydrogen) atoms. The molecular formula is C10H19O5P. The Hall–Kier alpha value is -0.640. The fourth-order valence-corrected chi connectivity index (χ4v) is 2.15. The van der Waals surface area contributed by atoms with E-state index in [-0.39, 0.29) is 6.61 Å². The summed E-state index contributed by atoms with van der Waals surface area (Å²) < 4.78 is 26.5. The fourth-order valence-electron chi connectivity index (χ4n) is 0.918. The van der Waals surface area contributed by atoms with Gasteiger partial charge in [0.05, 0.1) is 20.3 Å². The highest BCUT2D eigenvalue weighted by atomic mass is 31.2. The zero-order valence-corrected chi connectivity index (χ0v) is 11.1. The molecule has 0 radical (unpaired) electrons. The molecule has 6 heteroatoms. The monoisotopic (exact) mass is 250 g/mol. The van der Waals surface area contributed by atoms with E-state index in [1.54, 1.807) is 20.8 Å². The zero-order valence-electron chi connectivity index (χ0n) is 10.2. The Bertz CT molecular complexity index is 298. The van der Waals surface area contributed by atoms with E-state index in [0.717, 1.165) is 0 Å². The summed E-state index contributed by atoms with van der Waals surface area (Å²) in [6.07, 6.45) is 1.61. The first-order chi connectivity index (χ1) is 7.47. The van der Waals surface area contributed by atoms with Crippen LogP contribution in [-0.4, -0.2) is 32.5 Å². The van der Waals surface area contributed by atoms with Crippen molar-refractivity contribution < 1.29 is 23.1 Å². The van der Waals surface area contributed by atoms with Crippen LogP contribution in [0.25, 0.3) is 0 Å². The Morgan fingerprint density at radius 2 is 1.94 bits per heavy atom. The summed E-state index contributed by atoms with van der Waals surface area (Å²) in [6, 6.07) is 0. The summed E-state index contributed by atoms with van der Waals surface area (Å²) in [6.45, 7) is 5.62. The van der Waals surface area contributed by atoms with E-state index in [2.05, 4.69) is 4.74 Å². The third-order valence-corrected chi connectivity index (χ3v) is 3.72. The number of hydrogen-bond acceptors (Lipinski definition) is 5. The first-order valence-electron chi connectivity index (χ1n) is 5.10. The van der Waals surface area contributed by atoms with Crippen molar-refractivity contribution in [2.24, 2.45) is 0 Å². The van der Waals surface area contributed by atoms with E-state index in [9.17, 15) is 9.36 Å². The highest BCUT2D eigenvalue weighted by Crippen LogP contribution is 2.47. The van der Waals surface area contributed by atoms with Crippen LogP contribution in [0.1, 0.15) is 20.8 Å². The topological polar surface area (TPSA) is 61.8 Å². The second-order valence-corrected chi connectivity index (χ2v) is 5.50. The molecule has 1 unspecified atom stereocenters. The molecule has 0 aromatic rings. The van der Waals surface area contributed by atoms with E-state index in [0.29, 0.717) is 18.3 Å². The van der Waals surface area contributed by atoms with Gasteiger partial charge in [-0.25, -0.2) is 4.79 Å². The SMILES string of the molecule is CCOP(=O)(CC)OCC(C)=CC(=O)OC. The van der Waals surface area contributed by atoms with Crippen LogP contribution in [0.15, 0.2) is 11.6 Å². The molecule has 0 aliphatic rings. The number of carbonyl (C=O) groups excluding carboxylic acids is 1. The molecule has 0 aliphatic heterocycles. The molecule has 0 spiro atoms. The average Bonchev–Trinajstić information content (AvgIpc) is 2.26. The van der Waals surface area contributed by atoms with Crippen LogP contribution in [0, 0.1) is 0 Å². The quantitative estimate of drug-likeness (QED) is 0.394. The summed E-state index contributed by atoms with van der Waals surface area (Å²) in [5, 5.41) is 0. The third-order valence-electron chi connectivity index (χ3n) is 1.77. The van der Waals surface area contributed by atoms with Gasteiger partial charge in [0.2, 0.25) is 0 Å². The molecule has 0 bridgehead atoms. The van der Waals surface area contributed by atoms with Gasteiger partial charge in [-0.2, -0.15) is 0 Å². The van der Waals surface area contributed by atoms with Gasteiger partial charge in [0.1, 0.15) is 0 Å². The predicted octanol–water partition coefficient (Wildman–Crippen LogP) is 2.37. The van der Waals surface area contributed by atoms with Crippen molar-refractivity contribution in [2.75, 3.05) is 26.5 Å². The molecule has 0 aromatic carbocycles. The molecule has 0 N–H and O–H groups in total. The Balaban J connectivity index is 4.27. The van der Waals surface area contributed by atoms with Crippen molar-refractivity contribution in [3.05, 3.63) is 11.6 Å². The summed E-state index contributed by atoms with van der Waals surface area (Å²) in [4.78, 5) is 10.9.